The number of nitrogens with one attached hydrogen (secondary N) is 1. The van der Waals surface area contributed by atoms with E-state index in [-0.39, 0.29) is 18.0 Å². The lowest BCUT2D eigenvalue weighted by atomic mass is 10.2. The first-order valence-electron chi connectivity index (χ1n) is 7.48. The van der Waals surface area contributed by atoms with Gasteiger partial charge >= 0.3 is 0 Å². The van der Waals surface area contributed by atoms with Crippen molar-refractivity contribution in [3.05, 3.63) is 29.8 Å². The number of carbonyl (C=O) groups excluding carboxylic acids is 1. The average Bonchev–Trinajstić information content (AvgIpc) is 2.95. The van der Waals surface area contributed by atoms with Crippen molar-refractivity contribution < 1.29 is 9.53 Å². The molecule has 0 aliphatic rings. The molecular formula is C15H21N5O2. The third-order valence-corrected chi connectivity index (χ3v) is 3.11. The number of amides is 1. The smallest absolute Gasteiger partial charge is 0.270 e. The summed E-state index contributed by atoms with van der Waals surface area (Å²) >= 11 is 0. The van der Waals surface area contributed by atoms with Crippen LogP contribution in [0.3, 0.4) is 0 Å². The summed E-state index contributed by atoms with van der Waals surface area (Å²) in [6.07, 6.45) is 1.91. The maximum absolute atomic E-state index is 12.2. The van der Waals surface area contributed by atoms with Crippen molar-refractivity contribution in [2.75, 3.05) is 5.32 Å². The van der Waals surface area contributed by atoms with Crippen molar-refractivity contribution in [3.63, 3.8) is 0 Å². The summed E-state index contributed by atoms with van der Waals surface area (Å²) in [4.78, 5) is 13.7. The Kier molecular flexibility index (Phi) is 5.46. The molecule has 1 heterocycles. The number of nitrogens with zero attached hydrogens (tertiary/aromatic N) is 4. The molecule has 1 N–H and O–H groups in total. The molecule has 0 saturated carbocycles. The Hall–Kier alpha value is -2.44. The molecule has 7 nitrogen and oxygen atoms in total. The van der Waals surface area contributed by atoms with E-state index in [1.165, 1.54) is 4.80 Å². The summed E-state index contributed by atoms with van der Waals surface area (Å²) in [6.45, 7) is 6.72. The van der Waals surface area contributed by atoms with Crippen molar-refractivity contribution in [2.45, 2.75) is 46.3 Å². The molecule has 2 rings (SSSR count). The van der Waals surface area contributed by atoms with E-state index in [9.17, 15) is 4.79 Å². The van der Waals surface area contributed by atoms with Gasteiger partial charge in [0.05, 0.1) is 12.6 Å². The van der Waals surface area contributed by atoms with Gasteiger partial charge in [-0.15, -0.1) is 5.10 Å². The second-order valence-corrected chi connectivity index (χ2v) is 5.03. The standard InChI is InChI=1S/C15H21N5O2/c1-4-9-20-18-15(17-19-20)16-14(21)12-7-6-8-13(10-12)22-11(3)5-2/h6-8,10-11H,4-5,9H2,1-3H3,(H,16,18,21)/t11-/m0/s1. The summed E-state index contributed by atoms with van der Waals surface area (Å²) in [5, 5.41) is 14.4. The predicted molar refractivity (Wildman–Crippen MR) is 82.9 cm³/mol. The zero-order valence-corrected chi connectivity index (χ0v) is 13.1. The SMILES string of the molecule is CCCn1nnc(NC(=O)c2cccc(O[C@@H](C)CC)c2)n1. The first-order valence-corrected chi connectivity index (χ1v) is 7.48. The summed E-state index contributed by atoms with van der Waals surface area (Å²) in [5.74, 6) is 0.585. The summed E-state index contributed by atoms with van der Waals surface area (Å²) in [5.41, 5.74) is 0.493. The van der Waals surface area contributed by atoms with Crippen molar-refractivity contribution in [3.8, 4) is 5.75 Å². The van der Waals surface area contributed by atoms with Crippen LogP contribution in [0, 0.1) is 0 Å². The molecule has 0 aliphatic heterocycles. The van der Waals surface area contributed by atoms with E-state index < -0.39 is 0 Å². The molecule has 22 heavy (non-hydrogen) atoms. The van der Waals surface area contributed by atoms with Gasteiger partial charge in [0.25, 0.3) is 11.9 Å². The first kappa shape index (κ1) is 15.9. The molecule has 7 heteroatoms. The second kappa shape index (κ2) is 7.53. The Balaban J connectivity index is 2.03. The highest BCUT2D eigenvalue weighted by Gasteiger charge is 2.11. The van der Waals surface area contributed by atoms with Crippen LogP contribution < -0.4 is 10.1 Å². The molecule has 0 radical (unpaired) electrons. The van der Waals surface area contributed by atoms with E-state index in [0.29, 0.717) is 17.9 Å². The number of aromatic nitrogens is 4. The van der Waals surface area contributed by atoms with Crippen molar-refractivity contribution >= 4 is 11.9 Å². The van der Waals surface area contributed by atoms with Gasteiger partial charge in [-0.3, -0.25) is 10.1 Å². The number of rotatable bonds is 7. The molecule has 1 amide bonds. The molecule has 0 saturated heterocycles. The van der Waals surface area contributed by atoms with Crippen molar-refractivity contribution in [1.29, 1.82) is 0 Å². The van der Waals surface area contributed by atoms with Gasteiger partial charge in [0, 0.05) is 5.56 Å². The third kappa shape index (κ3) is 4.28. The zero-order chi connectivity index (χ0) is 15.9. The van der Waals surface area contributed by atoms with Gasteiger partial charge in [-0.2, -0.15) is 4.80 Å². The molecule has 0 aliphatic carbocycles. The summed E-state index contributed by atoms with van der Waals surface area (Å²) in [7, 11) is 0. The van der Waals surface area contributed by atoms with E-state index in [0.717, 1.165) is 12.8 Å². The molecule has 1 aromatic carbocycles. The Bertz CT molecular complexity index is 626. The van der Waals surface area contributed by atoms with E-state index in [1.807, 2.05) is 26.8 Å². The number of carbonyl (C=O) groups is 1. The predicted octanol–water partition coefficient (Wildman–Crippen LogP) is 2.51. The van der Waals surface area contributed by atoms with E-state index in [2.05, 4.69) is 20.7 Å². The second-order valence-electron chi connectivity index (χ2n) is 5.03. The van der Waals surface area contributed by atoms with Crippen LogP contribution in [-0.4, -0.2) is 32.2 Å². The molecule has 0 fully saturated rings. The molecule has 0 bridgehead atoms. The van der Waals surface area contributed by atoms with Crippen LogP contribution in [0.25, 0.3) is 0 Å². The van der Waals surface area contributed by atoms with Gasteiger partial charge in [0.1, 0.15) is 5.75 Å². The Morgan fingerprint density at radius 1 is 1.41 bits per heavy atom. The highest BCUT2D eigenvalue weighted by Crippen LogP contribution is 2.16. The molecule has 1 aromatic heterocycles. The van der Waals surface area contributed by atoms with Crippen LogP contribution in [0.4, 0.5) is 5.95 Å². The van der Waals surface area contributed by atoms with Gasteiger partial charge in [-0.1, -0.05) is 25.0 Å². The number of hydrogen-bond donors (Lipinski definition) is 1. The van der Waals surface area contributed by atoms with Crippen molar-refractivity contribution in [1.82, 2.24) is 20.2 Å². The fourth-order valence-electron chi connectivity index (χ4n) is 1.79. The minimum Gasteiger partial charge on any atom is -0.491 e. The lowest BCUT2D eigenvalue weighted by molar-refractivity contribution is 0.102. The molecule has 0 spiro atoms. The van der Waals surface area contributed by atoms with Gasteiger partial charge in [-0.05, 0) is 43.2 Å². The van der Waals surface area contributed by atoms with E-state index in [4.69, 9.17) is 4.74 Å². The van der Waals surface area contributed by atoms with Crippen LogP contribution in [0.1, 0.15) is 44.0 Å². The summed E-state index contributed by atoms with van der Waals surface area (Å²) < 4.78 is 5.71. The maximum atomic E-state index is 12.2. The number of hydrogen-bond acceptors (Lipinski definition) is 5. The van der Waals surface area contributed by atoms with Crippen LogP contribution in [0.15, 0.2) is 24.3 Å². The van der Waals surface area contributed by atoms with Gasteiger partial charge < -0.3 is 4.74 Å². The van der Waals surface area contributed by atoms with Crippen LogP contribution >= 0.6 is 0 Å². The molecule has 118 valence electrons. The lowest BCUT2D eigenvalue weighted by Crippen LogP contribution is -2.14. The number of anilines is 1. The minimum atomic E-state index is -0.286. The van der Waals surface area contributed by atoms with Crippen molar-refractivity contribution in [2.24, 2.45) is 0 Å². The monoisotopic (exact) mass is 303 g/mol. The topological polar surface area (TPSA) is 81.9 Å². The molecule has 1 atom stereocenters. The summed E-state index contributed by atoms with van der Waals surface area (Å²) in [6, 6.07) is 7.04. The Morgan fingerprint density at radius 2 is 2.23 bits per heavy atom. The first-order chi connectivity index (χ1) is 10.6. The minimum absolute atomic E-state index is 0.105. The number of aryl methyl sites for hydroxylation is 1. The zero-order valence-electron chi connectivity index (χ0n) is 13.1. The number of ether oxygens (including phenoxy) is 1. The lowest BCUT2D eigenvalue weighted by Gasteiger charge is -2.13. The number of tetrazole rings is 1. The Labute approximate surface area is 129 Å². The van der Waals surface area contributed by atoms with E-state index in [1.54, 1.807) is 18.2 Å². The quantitative estimate of drug-likeness (QED) is 0.850. The molecule has 2 aromatic rings. The van der Waals surface area contributed by atoms with E-state index >= 15 is 0 Å². The van der Waals surface area contributed by atoms with Crippen LogP contribution in [0.5, 0.6) is 5.75 Å². The Morgan fingerprint density at radius 3 is 2.95 bits per heavy atom. The van der Waals surface area contributed by atoms with Gasteiger partial charge in [0.2, 0.25) is 0 Å². The van der Waals surface area contributed by atoms with Crippen LogP contribution in [-0.2, 0) is 6.54 Å². The maximum Gasteiger partial charge on any atom is 0.270 e. The fourth-order valence-corrected chi connectivity index (χ4v) is 1.79. The number of benzene rings is 1. The highest BCUT2D eigenvalue weighted by molar-refractivity contribution is 6.03. The largest absolute Gasteiger partial charge is 0.491 e. The van der Waals surface area contributed by atoms with Gasteiger partial charge in [-0.25, -0.2) is 0 Å². The third-order valence-electron chi connectivity index (χ3n) is 3.11. The highest BCUT2D eigenvalue weighted by atomic mass is 16.5. The normalized spacial score (nSPS) is 12.0. The van der Waals surface area contributed by atoms with Crippen LogP contribution in [0.2, 0.25) is 0 Å². The van der Waals surface area contributed by atoms with Gasteiger partial charge in [0.15, 0.2) is 0 Å². The molecule has 0 unspecified atom stereocenters. The fraction of sp³-hybridized carbons (Fsp3) is 0.467. The molecular weight excluding hydrogens is 282 g/mol. The average molecular weight is 303 g/mol.